The normalized spacial score (nSPS) is 13.4. The van der Waals surface area contributed by atoms with Crippen LogP contribution >= 0.6 is 0 Å². The van der Waals surface area contributed by atoms with Gasteiger partial charge in [0.2, 0.25) is 17.7 Å². The first kappa shape index (κ1) is 27.5. The molecule has 0 aliphatic heterocycles. The first-order valence-electron chi connectivity index (χ1n) is 10.4. The molecule has 3 amide bonds. The van der Waals surface area contributed by atoms with Gasteiger partial charge in [-0.15, -0.1) is 0 Å². The SMILES string of the molecule is NCCCCC(NC(=O)C(N)Cc1cnc[nH]1)C(=O)NCC(=O)NC(CCC(=O)O)C(=O)O. The molecule has 14 heteroatoms. The lowest BCUT2D eigenvalue weighted by molar-refractivity contribution is -0.143. The molecule has 0 fully saturated rings. The van der Waals surface area contributed by atoms with Gasteiger partial charge in [0, 0.05) is 24.7 Å². The summed E-state index contributed by atoms with van der Waals surface area (Å²) >= 11 is 0. The van der Waals surface area contributed by atoms with Gasteiger partial charge in [0.15, 0.2) is 0 Å². The van der Waals surface area contributed by atoms with Crippen molar-refractivity contribution >= 4 is 29.7 Å². The maximum absolute atomic E-state index is 12.6. The highest BCUT2D eigenvalue weighted by Gasteiger charge is 2.25. The third-order valence-electron chi connectivity index (χ3n) is 4.61. The van der Waals surface area contributed by atoms with Gasteiger partial charge in [-0.25, -0.2) is 9.78 Å². The maximum atomic E-state index is 12.6. The topological polar surface area (TPSA) is 243 Å². The number of aromatic amines is 1. The summed E-state index contributed by atoms with van der Waals surface area (Å²) in [5.41, 5.74) is 12.0. The molecule has 184 valence electrons. The predicted octanol–water partition coefficient (Wildman–Crippen LogP) is -2.56. The highest BCUT2D eigenvalue weighted by atomic mass is 16.4. The largest absolute Gasteiger partial charge is 0.481 e. The average molecular weight is 469 g/mol. The highest BCUT2D eigenvalue weighted by molar-refractivity contribution is 5.92. The molecular formula is C19H31N7O7. The number of carbonyl (C=O) groups excluding carboxylic acids is 3. The van der Waals surface area contributed by atoms with Crippen molar-refractivity contribution in [3.05, 3.63) is 18.2 Å². The Bertz CT molecular complexity index is 800. The van der Waals surface area contributed by atoms with Crippen LogP contribution in [0.4, 0.5) is 0 Å². The van der Waals surface area contributed by atoms with Gasteiger partial charge in [-0.2, -0.15) is 0 Å². The predicted molar refractivity (Wildman–Crippen MR) is 115 cm³/mol. The summed E-state index contributed by atoms with van der Waals surface area (Å²) in [7, 11) is 0. The number of nitrogens with zero attached hydrogens (tertiary/aromatic N) is 1. The van der Waals surface area contributed by atoms with E-state index >= 15 is 0 Å². The molecular weight excluding hydrogens is 438 g/mol. The van der Waals surface area contributed by atoms with Gasteiger partial charge in [0.1, 0.15) is 12.1 Å². The van der Waals surface area contributed by atoms with E-state index in [9.17, 15) is 24.0 Å². The van der Waals surface area contributed by atoms with Gasteiger partial charge >= 0.3 is 11.9 Å². The Hall–Kier alpha value is -3.52. The van der Waals surface area contributed by atoms with E-state index in [0.29, 0.717) is 25.1 Å². The average Bonchev–Trinajstić information content (AvgIpc) is 3.26. The van der Waals surface area contributed by atoms with E-state index in [2.05, 4.69) is 25.9 Å². The van der Waals surface area contributed by atoms with E-state index in [-0.39, 0.29) is 19.3 Å². The number of imidazole rings is 1. The molecule has 3 unspecified atom stereocenters. The summed E-state index contributed by atoms with van der Waals surface area (Å²) < 4.78 is 0. The molecule has 1 aromatic rings. The third-order valence-corrected chi connectivity index (χ3v) is 4.61. The Morgan fingerprint density at radius 1 is 1.03 bits per heavy atom. The number of unbranched alkanes of at least 4 members (excludes halogenated alkanes) is 1. The van der Waals surface area contributed by atoms with Crippen LogP contribution < -0.4 is 27.4 Å². The second kappa shape index (κ2) is 14.5. The molecule has 3 atom stereocenters. The molecule has 0 saturated heterocycles. The fraction of sp³-hybridized carbons (Fsp3) is 0.579. The summed E-state index contributed by atoms with van der Waals surface area (Å²) in [5, 5.41) is 24.8. The Balaban J connectivity index is 2.63. The summed E-state index contributed by atoms with van der Waals surface area (Å²) in [6.45, 7) is -0.157. The van der Waals surface area contributed by atoms with E-state index in [4.69, 9.17) is 21.7 Å². The zero-order valence-corrected chi connectivity index (χ0v) is 18.1. The van der Waals surface area contributed by atoms with Gasteiger partial charge in [0.25, 0.3) is 0 Å². The van der Waals surface area contributed by atoms with Crippen LogP contribution in [0.25, 0.3) is 0 Å². The number of carboxylic acids is 2. The van der Waals surface area contributed by atoms with E-state index < -0.39 is 60.8 Å². The minimum absolute atomic E-state index is 0.179. The van der Waals surface area contributed by atoms with Crippen molar-refractivity contribution in [2.75, 3.05) is 13.1 Å². The molecule has 0 radical (unpaired) electrons. The maximum Gasteiger partial charge on any atom is 0.326 e. The van der Waals surface area contributed by atoms with Gasteiger partial charge in [-0.3, -0.25) is 19.2 Å². The number of carbonyl (C=O) groups is 5. The second-order valence-electron chi connectivity index (χ2n) is 7.34. The van der Waals surface area contributed by atoms with Crippen LogP contribution in [-0.4, -0.2) is 81.1 Å². The van der Waals surface area contributed by atoms with E-state index in [1.54, 1.807) is 0 Å². The van der Waals surface area contributed by atoms with Crippen LogP contribution in [0.15, 0.2) is 12.5 Å². The van der Waals surface area contributed by atoms with Crippen molar-refractivity contribution in [3.63, 3.8) is 0 Å². The number of amides is 3. The molecule has 0 spiro atoms. The fourth-order valence-corrected chi connectivity index (χ4v) is 2.83. The highest BCUT2D eigenvalue weighted by Crippen LogP contribution is 2.03. The molecule has 0 aliphatic rings. The number of nitrogens with one attached hydrogen (secondary N) is 4. The van der Waals surface area contributed by atoms with E-state index in [1.807, 2.05) is 0 Å². The number of aromatic nitrogens is 2. The Labute approximate surface area is 189 Å². The van der Waals surface area contributed by atoms with Crippen LogP contribution in [0.5, 0.6) is 0 Å². The minimum atomic E-state index is -1.41. The Kier molecular flexibility index (Phi) is 12.1. The van der Waals surface area contributed by atoms with Crippen molar-refractivity contribution in [1.82, 2.24) is 25.9 Å². The van der Waals surface area contributed by atoms with Crippen molar-refractivity contribution in [3.8, 4) is 0 Å². The van der Waals surface area contributed by atoms with Crippen molar-refractivity contribution < 1.29 is 34.2 Å². The number of carboxylic acid groups (broad SMARTS) is 2. The van der Waals surface area contributed by atoms with Gasteiger partial charge in [-0.1, -0.05) is 0 Å². The first-order chi connectivity index (χ1) is 15.6. The summed E-state index contributed by atoms with van der Waals surface area (Å²) in [5.74, 6) is -4.63. The van der Waals surface area contributed by atoms with Crippen LogP contribution in [0, 0.1) is 0 Å². The molecule has 14 nitrogen and oxygen atoms in total. The number of hydrogen-bond donors (Lipinski definition) is 8. The smallest absolute Gasteiger partial charge is 0.326 e. The number of nitrogens with two attached hydrogens (primary N) is 2. The van der Waals surface area contributed by atoms with Crippen molar-refractivity contribution in [2.24, 2.45) is 11.5 Å². The number of hydrogen-bond acceptors (Lipinski definition) is 8. The molecule has 10 N–H and O–H groups in total. The quantitative estimate of drug-likeness (QED) is 0.118. The summed E-state index contributed by atoms with van der Waals surface area (Å²) in [6.07, 6.45) is 3.80. The monoisotopic (exact) mass is 469 g/mol. The second-order valence-corrected chi connectivity index (χ2v) is 7.34. The van der Waals surface area contributed by atoms with Gasteiger partial charge in [-0.05, 0) is 32.2 Å². The van der Waals surface area contributed by atoms with Gasteiger partial charge < -0.3 is 42.6 Å². The molecule has 0 aromatic carbocycles. The summed E-state index contributed by atoms with van der Waals surface area (Å²) in [6, 6.07) is -3.33. The molecule has 1 rings (SSSR count). The van der Waals surface area contributed by atoms with Crippen LogP contribution in [0.3, 0.4) is 0 Å². The first-order valence-corrected chi connectivity index (χ1v) is 10.4. The number of aliphatic carboxylic acids is 2. The molecule has 1 aromatic heterocycles. The van der Waals surface area contributed by atoms with Gasteiger partial charge in [0.05, 0.1) is 18.9 Å². The fourth-order valence-electron chi connectivity index (χ4n) is 2.83. The van der Waals surface area contributed by atoms with Crippen LogP contribution in [-0.2, 0) is 30.4 Å². The lowest BCUT2D eigenvalue weighted by Gasteiger charge is -2.21. The zero-order chi connectivity index (χ0) is 24.8. The zero-order valence-electron chi connectivity index (χ0n) is 18.1. The van der Waals surface area contributed by atoms with Crippen molar-refractivity contribution in [1.29, 1.82) is 0 Å². The Morgan fingerprint density at radius 2 is 1.76 bits per heavy atom. The third kappa shape index (κ3) is 11.1. The molecule has 0 bridgehead atoms. The number of rotatable bonds is 16. The lowest BCUT2D eigenvalue weighted by Crippen LogP contribution is -2.53. The molecule has 0 aliphatic carbocycles. The summed E-state index contributed by atoms with van der Waals surface area (Å²) in [4.78, 5) is 65.5. The molecule has 0 saturated carbocycles. The Morgan fingerprint density at radius 3 is 2.33 bits per heavy atom. The minimum Gasteiger partial charge on any atom is -0.481 e. The van der Waals surface area contributed by atoms with Crippen LogP contribution in [0.2, 0.25) is 0 Å². The lowest BCUT2D eigenvalue weighted by atomic mass is 10.1. The number of H-pyrrole nitrogens is 1. The molecule has 1 heterocycles. The van der Waals surface area contributed by atoms with Crippen molar-refractivity contribution in [2.45, 2.75) is 56.7 Å². The van der Waals surface area contributed by atoms with Crippen LogP contribution in [0.1, 0.15) is 37.8 Å². The molecule has 33 heavy (non-hydrogen) atoms. The standard InChI is InChI=1S/C19H31N7O7/c20-6-2-1-3-13(26-17(30)12(21)7-11-8-22-10-24-11)18(31)23-9-15(27)25-14(19(32)33)4-5-16(28)29/h8,10,12-14H,1-7,9,20-21H2,(H,22,24)(H,23,31)(H,25,27)(H,26,30)(H,28,29)(H,32,33). The van der Waals surface area contributed by atoms with E-state index in [1.165, 1.54) is 12.5 Å². The van der Waals surface area contributed by atoms with E-state index in [0.717, 1.165) is 0 Å².